The summed E-state index contributed by atoms with van der Waals surface area (Å²) in [5.41, 5.74) is -2.27. The summed E-state index contributed by atoms with van der Waals surface area (Å²) >= 11 is 0. The maximum absolute atomic E-state index is 13.6. The molecule has 7 nitrogen and oxygen atoms in total. The van der Waals surface area contributed by atoms with Gasteiger partial charge in [0.05, 0.1) is 16.8 Å². The molecule has 1 saturated heterocycles. The molecule has 0 radical (unpaired) electrons. The number of carbonyl (C=O) groups excluding carboxylic acids is 1. The number of piperazine rings is 1. The second kappa shape index (κ2) is 7.80. The summed E-state index contributed by atoms with van der Waals surface area (Å²) in [6, 6.07) is 2.64. The molecule has 13 heteroatoms. The molecular formula is C19H17F6N5O2. The first-order valence-electron chi connectivity index (χ1n) is 9.54. The third kappa shape index (κ3) is 4.29. The minimum atomic E-state index is -5.01. The summed E-state index contributed by atoms with van der Waals surface area (Å²) in [4.78, 5) is 21.2. The van der Waals surface area contributed by atoms with E-state index in [4.69, 9.17) is 0 Å². The molecule has 2 N–H and O–H groups in total. The third-order valence-electron chi connectivity index (χ3n) is 5.10. The number of amides is 1. The average Bonchev–Trinajstić information content (AvgIpc) is 2.71. The van der Waals surface area contributed by atoms with E-state index in [2.05, 4.69) is 25.3 Å². The van der Waals surface area contributed by atoms with Crippen LogP contribution in [0.4, 0.5) is 42.8 Å². The number of rotatable bonds is 2. The van der Waals surface area contributed by atoms with Gasteiger partial charge in [-0.2, -0.15) is 26.3 Å². The van der Waals surface area contributed by atoms with E-state index in [1.807, 2.05) is 6.92 Å². The Bertz CT molecular complexity index is 1040. The maximum Gasteiger partial charge on any atom is 0.430 e. The van der Waals surface area contributed by atoms with Crippen LogP contribution in [0.25, 0.3) is 11.3 Å². The Morgan fingerprint density at radius 1 is 1.19 bits per heavy atom. The number of nitrogens with zero attached hydrogens (tertiary/aromatic N) is 3. The summed E-state index contributed by atoms with van der Waals surface area (Å²) in [6.07, 6.45) is -12.7. The number of cyclic esters (lactones) is 1. The topological polar surface area (TPSA) is 79.4 Å². The molecule has 32 heavy (non-hydrogen) atoms. The van der Waals surface area contributed by atoms with Crippen LogP contribution in [0.15, 0.2) is 24.4 Å². The summed E-state index contributed by atoms with van der Waals surface area (Å²) in [6.45, 7) is 3.10. The fraction of sp³-hybridized carbons (Fsp3) is 0.421. The molecule has 4 heterocycles. The molecule has 1 amide bonds. The lowest BCUT2D eigenvalue weighted by Crippen LogP contribution is -2.49. The first-order chi connectivity index (χ1) is 14.9. The fourth-order valence-electron chi connectivity index (χ4n) is 3.70. The highest BCUT2D eigenvalue weighted by Gasteiger charge is 2.49. The van der Waals surface area contributed by atoms with Crippen molar-refractivity contribution < 1.29 is 35.9 Å². The molecule has 2 aliphatic rings. The minimum Gasteiger partial charge on any atom is -0.431 e. The zero-order valence-electron chi connectivity index (χ0n) is 16.5. The SMILES string of the molecule is C[C@@H]1CN(c2cc(C(F)(F)F)cc(-c3ccnc4c3[C@H](C(F)(F)F)OC(=O)N4)n2)CCN1. The minimum absolute atomic E-state index is 0.0157. The fourth-order valence-corrected chi connectivity index (χ4v) is 3.70. The standard InChI is InChI=1S/C19H17F6N5O2/c1-9-8-30(5-4-26-9)13-7-10(18(20,21)22)6-12(28-13)11-2-3-27-16-14(11)15(19(23,24)25)32-17(31)29-16/h2-3,6-7,9,15,26H,4-5,8H2,1H3,(H,27,29,31)/t9-,15-/m1/s1. The predicted molar refractivity (Wildman–Crippen MR) is 101 cm³/mol. The maximum atomic E-state index is 13.6. The summed E-state index contributed by atoms with van der Waals surface area (Å²) in [7, 11) is 0. The van der Waals surface area contributed by atoms with Gasteiger partial charge in [-0.1, -0.05) is 0 Å². The van der Waals surface area contributed by atoms with Gasteiger partial charge < -0.3 is 15.0 Å². The first kappa shape index (κ1) is 22.1. The molecule has 2 aromatic heterocycles. The number of anilines is 2. The summed E-state index contributed by atoms with van der Waals surface area (Å²) < 4.78 is 86.2. The Morgan fingerprint density at radius 3 is 2.59 bits per heavy atom. The average molecular weight is 461 g/mol. The van der Waals surface area contributed by atoms with Gasteiger partial charge in [0.15, 0.2) is 0 Å². The van der Waals surface area contributed by atoms with E-state index in [1.54, 1.807) is 4.90 Å². The van der Waals surface area contributed by atoms with Crippen LogP contribution in [-0.2, 0) is 10.9 Å². The molecule has 0 bridgehead atoms. The van der Waals surface area contributed by atoms with E-state index in [1.165, 1.54) is 0 Å². The number of pyridine rings is 2. The number of nitrogens with one attached hydrogen (secondary N) is 2. The predicted octanol–water partition coefficient (Wildman–Crippen LogP) is 4.13. The van der Waals surface area contributed by atoms with Gasteiger partial charge in [-0.05, 0) is 25.1 Å². The zero-order valence-corrected chi connectivity index (χ0v) is 16.5. The number of aromatic nitrogens is 2. The highest BCUT2D eigenvalue weighted by atomic mass is 19.4. The van der Waals surface area contributed by atoms with Crippen LogP contribution in [0.5, 0.6) is 0 Å². The normalized spacial score (nSPS) is 21.6. The molecule has 0 unspecified atom stereocenters. The molecule has 0 aliphatic carbocycles. The summed E-state index contributed by atoms with van der Waals surface area (Å²) in [5.74, 6) is -0.462. The van der Waals surface area contributed by atoms with Crippen LogP contribution in [-0.4, -0.2) is 47.9 Å². The molecule has 4 rings (SSSR count). The van der Waals surface area contributed by atoms with Gasteiger partial charge in [0.2, 0.25) is 6.10 Å². The Balaban J connectivity index is 1.90. The largest absolute Gasteiger partial charge is 0.431 e. The van der Waals surface area contributed by atoms with Crippen molar-refractivity contribution in [1.29, 1.82) is 0 Å². The second-order valence-corrected chi connectivity index (χ2v) is 7.47. The number of alkyl halides is 6. The molecule has 0 aromatic carbocycles. The monoisotopic (exact) mass is 461 g/mol. The number of ether oxygens (including phenoxy) is 1. The van der Waals surface area contributed by atoms with Crippen LogP contribution < -0.4 is 15.5 Å². The lowest BCUT2D eigenvalue weighted by molar-refractivity contribution is -0.206. The van der Waals surface area contributed by atoms with Gasteiger partial charge in [0.25, 0.3) is 0 Å². The second-order valence-electron chi connectivity index (χ2n) is 7.47. The Kier molecular flexibility index (Phi) is 5.39. The molecular weight excluding hydrogens is 444 g/mol. The van der Waals surface area contributed by atoms with Crippen molar-refractivity contribution in [2.45, 2.75) is 31.4 Å². The van der Waals surface area contributed by atoms with Crippen molar-refractivity contribution >= 4 is 17.7 Å². The highest BCUT2D eigenvalue weighted by molar-refractivity contribution is 5.89. The molecule has 2 aromatic rings. The first-order valence-corrected chi connectivity index (χ1v) is 9.54. The van der Waals surface area contributed by atoms with E-state index < -0.39 is 41.5 Å². The smallest absolute Gasteiger partial charge is 0.430 e. The van der Waals surface area contributed by atoms with Gasteiger partial charge in [0.1, 0.15) is 11.6 Å². The van der Waals surface area contributed by atoms with Crippen LogP contribution in [0.2, 0.25) is 0 Å². The highest BCUT2D eigenvalue weighted by Crippen LogP contribution is 2.46. The summed E-state index contributed by atoms with van der Waals surface area (Å²) in [5, 5.41) is 5.22. The molecule has 2 aliphatic heterocycles. The number of hydrogen-bond acceptors (Lipinski definition) is 6. The number of halogens is 6. The van der Waals surface area contributed by atoms with Gasteiger partial charge in [-0.15, -0.1) is 0 Å². The Labute approximate surface area is 177 Å². The number of carbonyl (C=O) groups is 1. The molecule has 0 spiro atoms. The van der Waals surface area contributed by atoms with Gasteiger partial charge in [-0.25, -0.2) is 14.8 Å². The quantitative estimate of drug-likeness (QED) is 0.655. The van der Waals surface area contributed by atoms with Crippen LogP contribution in [0, 0.1) is 0 Å². The number of fused-ring (bicyclic) bond motifs is 1. The van der Waals surface area contributed by atoms with Crippen molar-refractivity contribution in [2.24, 2.45) is 0 Å². The van der Waals surface area contributed by atoms with Crippen molar-refractivity contribution in [2.75, 3.05) is 29.9 Å². The van der Waals surface area contributed by atoms with Crippen LogP contribution in [0.1, 0.15) is 24.2 Å². The van der Waals surface area contributed by atoms with Gasteiger partial charge >= 0.3 is 18.4 Å². The van der Waals surface area contributed by atoms with Crippen molar-refractivity contribution in [1.82, 2.24) is 15.3 Å². The number of hydrogen-bond donors (Lipinski definition) is 2. The van der Waals surface area contributed by atoms with E-state index in [-0.39, 0.29) is 23.1 Å². The van der Waals surface area contributed by atoms with E-state index in [0.717, 1.165) is 18.3 Å². The molecule has 172 valence electrons. The van der Waals surface area contributed by atoms with Crippen molar-refractivity contribution in [3.63, 3.8) is 0 Å². The molecule has 1 fully saturated rings. The lowest BCUT2D eigenvalue weighted by Gasteiger charge is -2.33. The van der Waals surface area contributed by atoms with Crippen LogP contribution in [0.3, 0.4) is 0 Å². The van der Waals surface area contributed by atoms with Gasteiger partial charge in [0, 0.05) is 37.4 Å². The van der Waals surface area contributed by atoms with Crippen LogP contribution >= 0.6 is 0 Å². The van der Waals surface area contributed by atoms with Gasteiger partial charge in [-0.3, -0.25) is 5.32 Å². The van der Waals surface area contributed by atoms with E-state index in [9.17, 15) is 31.1 Å². The van der Waals surface area contributed by atoms with E-state index in [0.29, 0.717) is 25.7 Å². The Hall–Kier alpha value is -3.09. The van der Waals surface area contributed by atoms with E-state index >= 15 is 0 Å². The van der Waals surface area contributed by atoms with Crippen molar-refractivity contribution in [3.05, 3.63) is 35.5 Å². The molecule has 2 atom stereocenters. The molecule has 0 saturated carbocycles. The van der Waals surface area contributed by atoms with Crippen molar-refractivity contribution in [3.8, 4) is 11.3 Å². The Morgan fingerprint density at radius 2 is 1.94 bits per heavy atom. The lowest BCUT2D eigenvalue weighted by atomic mass is 9.98. The third-order valence-corrected chi connectivity index (χ3v) is 5.10. The zero-order chi connectivity index (χ0) is 23.3.